The Morgan fingerprint density at radius 3 is 2.65 bits per heavy atom. The molecule has 1 N–H and O–H groups in total. The van der Waals surface area contributed by atoms with Crippen LogP contribution in [0, 0.1) is 6.92 Å². The highest BCUT2D eigenvalue weighted by Gasteiger charge is 2.18. The number of nitrogens with one attached hydrogen (secondary N) is 1. The summed E-state index contributed by atoms with van der Waals surface area (Å²) in [7, 11) is 0. The van der Waals surface area contributed by atoms with Crippen molar-refractivity contribution in [3.8, 4) is 5.75 Å². The summed E-state index contributed by atoms with van der Waals surface area (Å²) < 4.78 is 5.93. The second-order valence-electron chi connectivity index (χ2n) is 5.57. The number of oxime groups is 1. The van der Waals surface area contributed by atoms with Crippen LogP contribution in [0.4, 0.5) is 0 Å². The van der Waals surface area contributed by atoms with Gasteiger partial charge in [-0.2, -0.15) is 0 Å². The molecular weight excluding hydrogens is 352 g/mol. The van der Waals surface area contributed by atoms with Crippen LogP contribution >= 0.6 is 11.6 Å². The van der Waals surface area contributed by atoms with Crippen molar-refractivity contribution < 1.29 is 14.4 Å². The first-order chi connectivity index (χ1) is 12.6. The van der Waals surface area contributed by atoms with E-state index in [1.807, 2.05) is 57.2 Å². The molecule has 0 radical (unpaired) electrons. The van der Waals surface area contributed by atoms with Crippen LogP contribution in [-0.4, -0.2) is 24.8 Å². The summed E-state index contributed by atoms with van der Waals surface area (Å²) in [6, 6.07) is 13.0. The monoisotopic (exact) mass is 374 g/mol. The summed E-state index contributed by atoms with van der Waals surface area (Å²) in [5, 5.41) is 7.44. The van der Waals surface area contributed by atoms with E-state index in [4.69, 9.17) is 21.2 Å². The molecule has 0 aliphatic carbocycles. The first-order valence-corrected chi connectivity index (χ1v) is 8.90. The van der Waals surface area contributed by atoms with E-state index in [2.05, 4.69) is 10.5 Å². The third kappa shape index (κ3) is 5.23. The second kappa shape index (κ2) is 9.82. The Labute approximate surface area is 158 Å². The molecule has 0 bridgehead atoms. The van der Waals surface area contributed by atoms with Gasteiger partial charge >= 0.3 is 0 Å². The molecule has 0 spiro atoms. The summed E-state index contributed by atoms with van der Waals surface area (Å²) in [5.74, 6) is 0.460. The molecule has 6 heteroatoms. The van der Waals surface area contributed by atoms with Crippen LogP contribution in [0.5, 0.6) is 5.75 Å². The van der Waals surface area contributed by atoms with Gasteiger partial charge in [0.1, 0.15) is 19.0 Å². The Balaban J connectivity index is 2.28. The summed E-state index contributed by atoms with van der Waals surface area (Å²) in [6.45, 7) is 6.79. The highest BCUT2D eigenvalue weighted by Crippen LogP contribution is 2.23. The van der Waals surface area contributed by atoms with E-state index in [9.17, 15) is 4.79 Å². The molecule has 2 aromatic carbocycles. The van der Waals surface area contributed by atoms with E-state index >= 15 is 0 Å². The van der Waals surface area contributed by atoms with Crippen LogP contribution in [-0.2, 0) is 16.2 Å². The zero-order valence-electron chi connectivity index (χ0n) is 15.2. The molecule has 2 aromatic rings. The molecule has 0 aliphatic heterocycles. The minimum atomic E-state index is -0.281. The standard InChI is InChI=1S/C20H23ClN2O3/c1-4-22-20(24)19(23-26-5-2)17-9-7-6-8-15(17)13-25-18-11-10-16(21)12-14(18)3/h6-12H,4-5,13H2,1-3H3,(H,22,24)/b23-19-. The molecule has 1 amide bonds. The fourth-order valence-corrected chi connectivity index (χ4v) is 2.62. The number of ether oxygens (including phenoxy) is 1. The predicted octanol–water partition coefficient (Wildman–Crippen LogP) is 4.10. The molecule has 2 rings (SSSR count). The van der Waals surface area contributed by atoms with Gasteiger partial charge in [0.05, 0.1) is 0 Å². The van der Waals surface area contributed by atoms with Gasteiger partial charge in [-0.15, -0.1) is 0 Å². The van der Waals surface area contributed by atoms with Crippen molar-refractivity contribution in [2.75, 3.05) is 13.2 Å². The number of rotatable bonds is 8. The Morgan fingerprint density at radius 1 is 1.19 bits per heavy atom. The summed E-state index contributed by atoms with van der Waals surface area (Å²) in [4.78, 5) is 17.5. The molecule has 0 aromatic heterocycles. The van der Waals surface area contributed by atoms with Gasteiger partial charge in [-0.3, -0.25) is 4.79 Å². The Hall–Kier alpha value is -2.53. The lowest BCUT2D eigenvalue weighted by Gasteiger charge is -2.14. The van der Waals surface area contributed by atoms with Crippen molar-refractivity contribution in [1.29, 1.82) is 0 Å². The molecule has 0 saturated carbocycles. The fourth-order valence-electron chi connectivity index (χ4n) is 2.39. The topological polar surface area (TPSA) is 59.9 Å². The van der Waals surface area contributed by atoms with Crippen LogP contribution in [0.15, 0.2) is 47.6 Å². The van der Waals surface area contributed by atoms with Gasteiger partial charge in [0.15, 0.2) is 5.71 Å². The number of aryl methyl sites for hydroxylation is 1. The molecule has 0 heterocycles. The Bertz CT molecular complexity index is 790. The van der Waals surface area contributed by atoms with Crippen molar-refractivity contribution in [3.05, 3.63) is 64.2 Å². The lowest BCUT2D eigenvalue weighted by atomic mass is 10.0. The maximum atomic E-state index is 12.4. The van der Waals surface area contributed by atoms with Crippen molar-refractivity contribution >= 4 is 23.2 Å². The number of halogens is 1. The van der Waals surface area contributed by atoms with Crippen molar-refractivity contribution in [1.82, 2.24) is 5.32 Å². The highest BCUT2D eigenvalue weighted by atomic mass is 35.5. The van der Waals surface area contributed by atoms with Gasteiger partial charge in [-0.1, -0.05) is 41.0 Å². The maximum Gasteiger partial charge on any atom is 0.273 e. The number of likely N-dealkylation sites (N-methyl/N-ethyl adjacent to an activating group) is 1. The van der Waals surface area contributed by atoms with Crippen LogP contribution in [0.3, 0.4) is 0 Å². The number of hydrogen-bond donors (Lipinski definition) is 1. The molecule has 0 atom stereocenters. The molecular formula is C20H23ClN2O3. The van der Waals surface area contributed by atoms with Gasteiger partial charge < -0.3 is 14.9 Å². The van der Waals surface area contributed by atoms with Crippen LogP contribution in [0.1, 0.15) is 30.5 Å². The first kappa shape index (κ1) is 19.8. The minimum absolute atomic E-state index is 0.237. The average molecular weight is 375 g/mol. The lowest BCUT2D eigenvalue weighted by molar-refractivity contribution is -0.114. The fraction of sp³-hybridized carbons (Fsp3) is 0.300. The summed E-state index contributed by atoms with van der Waals surface area (Å²) in [5.41, 5.74) is 2.70. The normalized spacial score (nSPS) is 11.2. The first-order valence-electron chi connectivity index (χ1n) is 8.52. The number of benzene rings is 2. The SMILES string of the molecule is CCNC(=O)/C(=N\OCC)c1ccccc1COc1ccc(Cl)cc1C. The van der Waals surface area contributed by atoms with E-state index in [0.717, 1.165) is 16.9 Å². The van der Waals surface area contributed by atoms with E-state index in [0.29, 0.717) is 30.3 Å². The van der Waals surface area contributed by atoms with Gasteiger partial charge in [0.25, 0.3) is 5.91 Å². The van der Waals surface area contributed by atoms with Crippen molar-refractivity contribution in [3.63, 3.8) is 0 Å². The van der Waals surface area contributed by atoms with E-state index < -0.39 is 0 Å². The van der Waals surface area contributed by atoms with E-state index in [1.165, 1.54) is 0 Å². The summed E-state index contributed by atoms with van der Waals surface area (Å²) in [6.07, 6.45) is 0. The van der Waals surface area contributed by atoms with Crippen LogP contribution < -0.4 is 10.1 Å². The lowest BCUT2D eigenvalue weighted by Crippen LogP contribution is -2.32. The average Bonchev–Trinajstić information content (AvgIpc) is 2.62. The molecule has 0 aliphatic rings. The maximum absolute atomic E-state index is 12.4. The van der Waals surface area contributed by atoms with Gasteiger partial charge in [-0.25, -0.2) is 0 Å². The van der Waals surface area contributed by atoms with Crippen molar-refractivity contribution in [2.45, 2.75) is 27.4 Å². The van der Waals surface area contributed by atoms with Gasteiger partial charge in [0.2, 0.25) is 0 Å². The number of amides is 1. The third-order valence-corrected chi connectivity index (χ3v) is 3.87. The quantitative estimate of drug-likeness (QED) is 0.559. The molecule has 5 nitrogen and oxygen atoms in total. The molecule has 138 valence electrons. The third-order valence-electron chi connectivity index (χ3n) is 3.63. The van der Waals surface area contributed by atoms with Crippen LogP contribution in [0.25, 0.3) is 0 Å². The van der Waals surface area contributed by atoms with E-state index in [1.54, 1.807) is 6.07 Å². The van der Waals surface area contributed by atoms with E-state index in [-0.39, 0.29) is 11.6 Å². The smallest absolute Gasteiger partial charge is 0.273 e. The van der Waals surface area contributed by atoms with Gasteiger partial charge in [-0.05, 0) is 50.1 Å². The zero-order chi connectivity index (χ0) is 18.9. The molecule has 0 fully saturated rings. The Morgan fingerprint density at radius 2 is 1.96 bits per heavy atom. The number of nitrogens with zero attached hydrogens (tertiary/aromatic N) is 1. The number of hydrogen-bond acceptors (Lipinski definition) is 4. The minimum Gasteiger partial charge on any atom is -0.489 e. The molecule has 0 saturated heterocycles. The predicted molar refractivity (Wildman–Crippen MR) is 104 cm³/mol. The highest BCUT2D eigenvalue weighted by molar-refractivity contribution is 6.45. The van der Waals surface area contributed by atoms with Gasteiger partial charge in [0, 0.05) is 17.1 Å². The van der Waals surface area contributed by atoms with Crippen LogP contribution in [0.2, 0.25) is 5.02 Å². The number of carbonyl (C=O) groups excluding carboxylic acids is 1. The van der Waals surface area contributed by atoms with Crippen molar-refractivity contribution in [2.24, 2.45) is 5.16 Å². The number of carbonyl (C=O) groups is 1. The zero-order valence-corrected chi connectivity index (χ0v) is 16.0. The molecule has 0 unspecified atom stereocenters. The summed E-state index contributed by atoms with van der Waals surface area (Å²) >= 11 is 5.98. The molecule has 26 heavy (non-hydrogen) atoms. The second-order valence-corrected chi connectivity index (χ2v) is 6.01. The largest absolute Gasteiger partial charge is 0.489 e. The Kier molecular flexibility index (Phi) is 7.48.